The number of carbonyl (C=O) groups is 1. The highest BCUT2D eigenvalue weighted by molar-refractivity contribution is 5.75. The molecule has 2 heterocycles. The van der Waals surface area contributed by atoms with Crippen LogP contribution in [0.2, 0.25) is 0 Å². The Hall–Kier alpha value is -3.29. The number of hydrogen-bond donors (Lipinski definition) is 3. The number of benzene rings is 1. The van der Waals surface area contributed by atoms with Crippen LogP contribution in [0.25, 0.3) is 0 Å². The van der Waals surface area contributed by atoms with Crippen molar-refractivity contribution in [2.75, 3.05) is 24.6 Å². The van der Waals surface area contributed by atoms with Crippen molar-refractivity contribution in [1.82, 2.24) is 20.4 Å². The van der Waals surface area contributed by atoms with Gasteiger partial charge >= 0.3 is 18.1 Å². The average molecular weight is 489 g/mol. The highest BCUT2D eigenvalue weighted by atomic mass is 19.4. The normalized spacial score (nSPS) is 20.8. The van der Waals surface area contributed by atoms with Gasteiger partial charge in [0.25, 0.3) is 0 Å². The van der Waals surface area contributed by atoms with Crippen LogP contribution in [0.15, 0.2) is 27.5 Å². The standard InChI is InChI=1S/C20H23F4N5O5/c21-16-6-15(33-20(22,23)24)4-1-12(16)7-25-18(31)29(13-2-3-13)14-5-11(10-30)8-28(9-14)17-26-19(32)34-27-17/h1,4,6,11,13-14,30H,2-3,5,7-10H2,(H,25,31)(H,26,27,32)/t11-,14+/m0/s1. The molecule has 0 unspecified atom stereocenters. The molecule has 3 N–H and O–H groups in total. The molecule has 10 nitrogen and oxygen atoms in total. The van der Waals surface area contributed by atoms with Gasteiger partial charge in [-0.2, -0.15) is 0 Å². The van der Waals surface area contributed by atoms with E-state index in [0.717, 1.165) is 25.0 Å². The Labute approximate surface area is 190 Å². The number of aromatic nitrogens is 2. The molecule has 14 heteroatoms. The lowest BCUT2D eigenvalue weighted by atomic mass is 9.94. The molecule has 2 fully saturated rings. The monoisotopic (exact) mass is 489 g/mol. The number of amides is 2. The van der Waals surface area contributed by atoms with Gasteiger partial charge in [-0.25, -0.2) is 14.0 Å². The van der Waals surface area contributed by atoms with E-state index in [1.807, 2.05) is 0 Å². The number of piperidine rings is 1. The quantitative estimate of drug-likeness (QED) is 0.508. The van der Waals surface area contributed by atoms with Crippen LogP contribution in [0.5, 0.6) is 5.75 Å². The van der Waals surface area contributed by atoms with E-state index in [2.05, 4.69) is 24.7 Å². The minimum Gasteiger partial charge on any atom is -0.406 e. The number of ether oxygens (including phenoxy) is 1. The molecule has 1 aliphatic heterocycles. The molecule has 1 aromatic heterocycles. The number of rotatable bonds is 7. The van der Waals surface area contributed by atoms with Gasteiger partial charge in [-0.1, -0.05) is 6.07 Å². The third-order valence-corrected chi connectivity index (χ3v) is 5.76. The first-order chi connectivity index (χ1) is 16.1. The molecular formula is C20H23F4N5O5. The van der Waals surface area contributed by atoms with Gasteiger partial charge < -0.3 is 25.0 Å². The predicted molar refractivity (Wildman–Crippen MR) is 108 cm³/mol. The van der Waals surface area contributed by atoms with E-state index in [4.69, 9.17) is 0 Å². The lowest BCUT2D eigenvalue weighted by Gasteiger charge is -2.42. The second-order valence-corrected chi connectivity index (χ2v) is 8.36. The van der Waals surface area contributed by atoms with Crippen LogP contribution in [0.4, 0.5) is 28.3 Å². The highest BCUT2D eigenvalue weighted by Gasteiger charge is 2.41. The van der Waals surface area contributed by atoms with Gasteiger partial charge in [-0.05, 0) is 30.5 Å². The smallest absolute Gasteiger partial charge is 0.406 e. The van der Waals surface area contributed by atoms with Crippen molar-refractivity contribution in [3.8, 4) is 5.75 Å². The predicted octanol–water partition coefficient (Wildman–Crippen LogP) is 1.96. The first-order valence-electron chi connectivity index (χ1n) is 10.6. The Morgan fingerprint density at radius 1 is 1.32 bits per heavy atom. The van der Waals surface area contributed by atoms with Gasteiger partial charge in [0.15, 0.2) is 0 Å². The second kappa shape index (κ2) is 9.52. The van der Waals surface area contributed by atoms with Gasteiger partial charge in [0.2, 0.25) is 5.95 Å². The van der Waals surface area contributed by atoms with E-state index in [1.54, 1.807) is 9.80 Å². The van der Waals surface area contributed by atoms with E-state index >= 15 is 0 Å². The number of H-pyrrole nitrogens is 1. The van der Waals surface area contributed by atoms with Crippen molar-refractivity contribution in [1.29, 1.82) is 0 Å². The maximum absolute atomic E-state index is 14.2. The summed E-state index contributed by atoms with van der Waals surface area (Å²) in [4.78, 5) is 30.2. The summed E-state index contributed by atoms with van der Waals surface area (Å²) in [6.07, 6.45) is -2.86. The Bertz CT molecular complexity index is 1070. The van der Waals surface area contributed by atoms with Crippen molar-refractivity contribution in [2.24, 2.45) is 5.92 Å². The minimum absolute atomic E-state index is 0.00250. The lowest BCUT2D eigenvalue weighted by molar-refractivity contribution is -0.274. The third-order valence-electron chi connectivity index (χ3n) is 5.76. The molecule has 186 valence electrons. The van der Waals surface area contributed by atoms with Crippen molar-refractivity contribution in [3.63, 3.8) is 0 Å². The molecule has 1 saturated heterocycles. The second-order valence-electron chi connectivity index (χ2n) is 8.36. The molecule has 0 spiro atoms. The van der Waals surface area contributed by atoms with Crippen LogP contribution in [0.3, 0.4) is 0 Å². The molecular weight excluding hydrogens is 466 g/mol. The molecule has 4 rings (SSSR count). The van der Waals surface area contributed by atoms with Crippen molar-refractivity contribution in [2.45, 2.75) is 44.3 Å². The Morgan fingerprint density at radius 3 is 2.68 bits per heavy atom. The number of anilines is 1. The van der Waals surface area contributed by atoms with Crippen LogP contribution in [-0.2, 0) is 6.54 Å². The Kier molecular flexibility index (Phi) is 6.68. The minimum atomic E-state index is -4.94. The molecule has 1 aromatic carbocycles. The zero-order valence-electron chi connectivity index (χ0n) is 17.8. The van der Waals surface area contributed by atoms with E-state index in [0.29, 0.717) is 25.6 Å². The third kappa shape index (κ3) is 5.79. The first-order valence-corrected chi connectivity index (χ1v) is 10.6. The van der Waals surface area contributed by atoms with Crippen molar-refractivity contribution >= 4 is 12.0 Å². The number of nitrogens with one attached hydrogen (secondary N) is 2. The van der Waals surface area contributed by atoms with Crippen LogP contribution < -0.4 is 20.7 Å². The SMILES string of the molecule is O=C(NCc1ccc(OC(F)(F)F)cc1F)N(C1CC1)[C@@H]1C[C@H](CO)CN(c2noc(=O)[nH]2)C1. The fourth-order valence-corrected chi connectivity index (χ4v) is 4.15. The first kappa shape index (κ1) is 23.9. The number of alkyl halides is 3. The number of carbonyl (C=O) groups excluding carboxylic acids is 1. The molecule has 34 heavy (non-hydrogen) atoms. The lowest BCUT2D eigenvalue weighted by Crippen LogP contribution is -2.56. The molecule has 2 amide bonds. The Morgan fingerprint density at radius 2 is 2.09 bits per heavy atom. The topological polar surface area (TPSA) is 124 Å². The Balaban J connectivity index is 1.44. The van der Waals surface area contributed by atoms with Gasteiger partial charge in [-0.3, -0.25) is 9.51 Å². The maximum Gasteiger partial charge on any atom is 0.573 e. The number of hydrogen-bond acceptors (Lipinski definition) is 7. The maximum atomic E-state index is 14.2. The van der Waals surface area contributed by atoms with E-state index < -0.39 is 29.7 Å². The summed E-state index contributed by atoms with van der Waals surface area (Å²) < 4.78 is 59.4. The number of nitrogens with zero attached hydrogens (tertiary/aromatic N) is 3. The van der Waals surface area contributed by atoms with Crippen molar-refractivity contribution in [3.05, 3.63) is 40.1 Å². The molecule has 1 saturated carbocycles. The van der Waals surface area contributed by atoms with Gasteiger partial charge in [0.1, 0.15) is 11.6 Å². The van der Waals surface area contributed by atoms with Gasteiger partial charge in [-0.15, -0.1) is 13.2 Å². The molecule has 0 radical (unpaired) electrons. The summed E-state index contributed by atoms with van der Waals surface area (Å²) >= 11 is 0. The number of aliphatic hydroxyl groups excluding tert-OH is 1. The van der Waals surface area contributed by atoms with Gasteiger partial charge in [0.05, 0.1) is 6.04 Å². The molecule has 1 aliphatic carbocycles. The molecule has 2 aromatic rings. The average Bonchev–Trinajstić information content (AvgIpc) is 3.50. The number of halogens is 4. The fraction of sp³-hybridized carbons (Fsp3) is 0.550. The summed E-state index contributed by atoms with van der Waals surface area (Å²) in [6, 6.07) is 1.87. The largest absolute Gasteiger partial charge is 0.573 e. The number of aliphatic hydroxyl groups is 1. The van der Waals surface area contributed by atoms with E-state index in [1.165, 1.54) is 0 Å². The zero-order chi connectivity index (χ0) is 24.5. The molecule has 2 aliphatic rings. The van der Waals surface area contributed by atoms with Crippen LogP contribution in [0.1, 0.15) is 24.8 Å². The fourth-order valence-electron chi connectivity index (χ4n) is 4.15. The van der Waals surface area contributed by atoms with Crippen molar-refractivity contribution < 1.29 is 36.7 Å². The van der Waals surface area contributed by atoms with Crippen LogP contribution >= 0.6 is 0 Å². The van der Waals surface area contributed by atoms with E-state index in [-0.39, 0.29) is 42.7 Å². The summed E-state index contributed by atoms with van der Waals surface area (Å²) in [7, 11) is 0. The summed E-state index contributed by atoms with van der Waals surface area (Å²) in [5.74, 6) is -2.34. The summed E-state index contributed by atoms with van der Waals surface area (Å²) in [5.41, 5.74) is -0.00250. The molecule has 0 bridgehead atoms. The number of urea groups is 1. The summed E-state index contributed by atoms with van der Waals surface area (Å²) in [6.45, 7) is 0.372. The van der Waals surface area contributed by atoms with E-state index in [9.17, 15) is 32.3 Å². The zero-order valence-corrected chi connectivity index (χ0v) is 17.8. The van der Waals surface area contributed by atoms with Crippen LogP contribution in [0, 0.1) is 11.7 Å². The summed E-state index contributed by atoms with van der Waals surface area (Å²) in [5, 5.41) is 16.1. The van der Waals surface area contributed by atoms with Gasteiger partial charge in [0, 0.05) is 49.8 Å². The molecule has 2 atom stereocenters. The van der Waals surface area contributed by atoms with Crippen LogP contribution in [-0.4, -0.2) is 64.3 Å². The number of aromatic amines is 1. The highest BCUT2D eigenvalue weighted by Crippen LogP contribution is 2.33.